The molecule has 0 saturated carbocycles. The van der Waals surface area contributed by atoms with Crippen molar-refractivity contribution < 1.29 is 9.47 Å². The van der Waals surface area contributed by atoms with Crippen LogP contribution in [0.5, 0.6) is 11.5 Å². The van der Waals surface area contributed by atoms with Crippen LogP contribution in [0.15, 0.2) is 24.3 Å². The molecule has 1 aliphatic heterocycles. The second kappa shape index (κ2) is 11.0. The molecule has 1 aromatic carbocycles. The van der Waals surface area contributed by atoms with E-state index in [1.807, 2.05) is 24.3 Å². The molecular weight excluding hydrogens is 311 g/mol. The molecule has 1 N–H and O–H groups in total. The highest BCUT2D eigenvalue weighted by molar-refractivity contribution is 5.85. The lowest BCUT2D eigenvalue weighted by Gasteiger charge is -2.30. The predicted octanol–water partition coefficient (Wildman–Crippen LogP) is 2.60. The molecule has 0 aromatic heterocycles. The number of halogens is 2. The third-order valence-corrected chi connectivity index (χ3v) is 3.33. The van der Waals surface area contributed by atoms with Crippen molar-refractivity contribution in [3.8, 4) is 11.5 Å². The van der Waals surface area contributed by atoms with Gasteiger partial charge in [-0.05, 0) is 25.2 Å². The van der Waals surface area contributed by atoms with Gasteiger partial charge in [0.25, 0.3) is 0 Å². The fourth-order valence-corrected chi connectivity index (χ4v) is 2.23. The Kier molecular flexibility index (Phi) is 10.6. The van der Waals surface area contributed by atoms with Crippen molar-refractivity contribution in [1.29, 1.82) is 0 Å². The van der Waals surface area contributed by atoms with E-state index in [1.165, 1.54) is 0 Å². The maximum absolute atomic E-state index is 5.98. The van der Waals surface area contributed by atoms with Gasteiger partial charge in [-0.1, -0.05) is 26.0 Å². The van der Waals surface area contributed by atoms with E-state index >= 15 is 0 Å². The van der Waals surface area contributed by atoms with Gasteiger partial charge in [-0.25, -0.2) is 0 Å². The summed E-state index contributed by atoms with van der Waals surface area (Å²) in [4.78, 5) is 2.39. The lowest BCUT2D eigenvalue weighted by Crippen LogP contribution is -2.43. The van der Waals surface area contributed by atoms with Crippen molar-refractivity contribution in [3.05, 3.63) is 24.3 Å². The third kappa shape index (κ3) is 6.30. The molecule has 1 heterocycles. The molecule has 1 aromatic rings. The summed E-state index contributed by atoms with van der Waals surface area (Å²) < 4.78 is 11.7. The second-order valence-electron chi connectivity index (χ2n) is 4.74. The summed E-state index contributed by atoms with van der Waals surface area (Å²) in [5, 5.41) is 3.35. The van der Waals surface area contributed by atoms with E-state index in [-0.39, 0.29) is 30.9 Å². The third-order valence-electron chi connectivity index (χ3n) is 3.33. The van der Waals surface area contributed by atoms with Crippen molar-refractivity contribution >= 4 is 24.8 Å². The molecule has 6 heteroatoms. The Bertz CT molecular complexity index is 394. The Labute approximate surface area is 140 Å². The molecule has 122 valence electrons. The standard InChI is InChI=1S/C15H24N2O2.2ClH/c1-3-16-9-10-17(4-2)11-13-12-18-14-7-5-6-8-15(14)19-13;;/h5-8,13,16H,3-4,9-12H2,1-2H3;2*1H. The number of nitrogens with zero attached hydrogens (tertiary/aromatic N) is 1. The van der Waals surface area contributed by atoms with Gasteiger partial charge < -0.3 is 14.8 Å². The molecule has 1 unspecified atom stereocenters. The quantitative estimate of drug-likeness (QED) is 0.776. The normalized spacial score (nSPS) is 16.0. The molecule has 0 radical (unpaired) electrons. The molecule has 2 rings (SSSR count). The maximum Gasteiger partial charge on any atom is 0.161 e. The van der Waals surface area contributed by atoms with Gasteiger partial charge in [0.1, 0.15) is 12.7 Å². The molecule has 0 bridgehead atoms. The predicted molar refractivity (Wildman–Crippen MR) is 91.5 cm³/mol. The lowest BCUT2D eigenvalue weighted by molar-refractivity contribution is 0.0604. The fraction of sp³-hybridized carbons (Fsp3) is 0.600. The topological polar surface area (TPSA) is 33.7 Å². The molecule has 0 amide bonds. The molecule has 0 saturated heterocycles. The summed E-state index contributed by atoms with van der Waals surface area (Å²) in [6.07, 6.45) is 0.122. The number of benzene rings is 1. The first-order chi connectivity index (χ1) is 9.33. The van der Waals surface area contributed by atoms with Gasteiger partial charge in [-0.15, -0.1) is 24.8 Å². The summed E-state index contributed by atoms with van der Waals surface area (Å²) in [5.41, 5.74) is 0. The molecular formula is C15H26Cl2N2O2. The van der Waals surface area contributed by atoms with Gasteiger partial charge in [0, 0.05) is 19.6 Å². The number of hydrogen-bond acceptors (Lipinski definition) is 4. The number of hydrogen-bond donors (Lipinski definition) is 1. The van der Waals surface area contributed by atoms with Crippen molar-refractivity contribution in [2.75, 3.05) is 39.3 Å². The minimum absolute atomic E-state index is 0. The molecule has 0 fully saturated rings. The first-order valence-electron chi connectivity index (χ1n) is 7.15. The van der Waals surface area contributed by atoms with E-state index in [0.29, 0.717) is 6.61 Å². The number of para-hydroxylation sites is 2. The van der Waals surface area contributed by atoms with Gasteiger partial charge in [0.2, 0.25) is 0 Å². The van der Waals surface area contributed by atoms with Crippen LogP contribution in [-0.2, 0) is 0 Å². The van der Waals surface area contributed by atoms with Gasteiger partial charge in [-0.2, -0.15) is 0 Å². The monoisotopic (exact) mass is 336 g/mol. The van der Waals surface area contributed by atoms with Crippen LogP contribution in [0.2, 0.25) is 0 Å². The van der Waals surface area contributed by atoms with E-state index in [9.17, 15) is 0 Å². The van der Waals surface area contributed by atoms with Crippen LogP contribution in [0.4, 0.5) is 0 Å². The Balaban J connectivity index is 0.00000200. The van der Waals surface area contributed by atoms with Crippen LogP contribution in [0.3, 0.4) is 0 Å². The molecule has 0 aliphatic carbocycles. The van der Waals surface area contributed by atoms with Gasteiger partial charge in [0.15, 0.2) is 11.5 Å². The van der Waals surface area contributed by atoms with Crippen molar-refractivity contribution in [1.82, 2.24) is 10.2 Å². The summed E-state index contributed by atoms with van der Waals surface area (Å²) in [6, 6.07) is 7.87. The summed E-state index contributed by atoms with van der Waals surface area (Å²) in [5.74, 6) is 1.72. The minimum Gasteiger partial charge on any atom is -0.486 e. The highest BCUT2D eigenvalue weighted by atomic mass is 35.5. The summed E-state index contributed by atoms with van der Waals surface area (Å²) in [7, 11) is 0. The smallest absolute Gasteiger partial charge is 0.161 e. The second-order valence-corrected chi connectivity index (χ2v) is 4.74. The maximum atomic E-state index is 5.98. The minimum atomic E-state index is 0. The van der Waals surface area contributed by atoms with E-state index in [1.54, 1.807) is 0 Å². The fourth-order valence-electron chi connectivity index (χ4n) is 2.23. The highest BCUT2D eigenvalue weighted by Gasteiger charge is 2.22. The Hall–Kier alpha value is -0.680. The molecule has 1 atom stereocenters. The Morgan fingerprint density at radius 3 is 2.57 bits per heavy atom. The average Bonchev–Trinajstić information content (AvgIpc) is 2.46. The summed E-state index contributed by atoms with van der Waals surface area (Å²) >= 11 is 0. The first-order valence-corrected chi connectivity index (χ1v) is 7.15. The SMILES string of the molecule is CCNCCN(CC)CC1COc2ccccc2O1.Cl.Cl. The highest BCUT2D eigenvalue weighted by Crippen LogP contribution is 2.30. The summed E-state index contributed by atoms with van der Waals surface area (Å²) in [6.45, 7) is 9.99. The van der Waals surface area contributed by atoms with Crippen LogP contribution < -0.4 is 14.8 Å². The van der Waals surface area contributed by atoms with Crippen molar-refractivity contribution in [2.24, 2.45) is 0 Å². The molecule has 1 aliphatic rings. The van der Waals surface area contributed by atoms with Gasteiger partial charge >= 0.3 is 0 Å². The zero-order valence-corrected chi connectivity index (χ0v) is 14.3. The number of likely N-dealkylation sites (N-methyl/N-ethyl adjacent to an activating group) is 2. The van der Waals surface area contributed by atoms with Crippen LogP contribution in [0, 0.1) is 0 Å². The lowest BCUT2D eigenvalue weighted by atomic mass is 10.2. The average molecular weight is 337 g/mol. The van der Waals surface area contributed by atoms with Crippen LogP contribution >= 0.6 is 24.8 Å². The Morgan fingerprint density at radius 1 is 1.19 bits per heavy atom. The van der Waals surface area contributed by atoms with Crippen molar-refractivity contribution in [3.63, 3.8) is 0 Å². The number of ether oxygens (including phenoxy) is 2. The van der Waals surface area contributed by atoms with E-state index < -0.39 is 0 Å². The van der Waals surface area contributed by atoms with E-state index in [2.05, 4.69) is 24.1 Å². The van der Waals surface area contributed by atoms with Crippen LogP contribution in [0.1, 0.15) is 13.8 Å². The first kappa shape index (κ1) is 20.3. The molecule has 0 spiro atoms. The van der Waals surface area contributed by atoms with Gasteiger partial charge in [-0.3, -0.25) is 4.90 Å². The zero-order valence-electron chi connectivity index (χ0n) is 12.7. The number of rotatable bonds is 7. The van der Waals surface area contributed by atoms with E-state index in [4.69, 9.17) is 9.47 Å². The largest absolute Gasteiger partial charge is 0.486 e. The molecule has 21 heavy (non-hydrogen) atoms. The van der Waals surface area contributed by atoms with E-state index in [0.717, 1.165) is 44.2 Å². The number of nitrogens with one attached hydrogen (secondary N) is 1. The Morgan fingerprint density at radius 2 is 1.90 bits per heavy atom. The molecule has 4 nitrogen and oxygen atoms in total. The van der Waals surface area contributed by atoms with Gasteiger partial charge in [0.05, 0.1) is 0 Å². The number of fused-ring (bicyclic) bond motifs is 1. The van der Waals surface area contributed by atoms with Crippen LogP contribution in [0.25, 0.3) is 0 Å². The van der Waals surface area contributed by atoms with Crippen LogP contribution in [-0.4, -0.2) is 50.3 Å². The zero-order chi connectivity index (χ0) is 13.5. The van der Waals surface area contributed by atoms with Crippen molar-refractivity contribution in [2.45, 2.75) is 20.0 Å².